The van der Waals surface area contributed by atoms with Gasteiger partial charge in [0.25, 0.3) is 0 Å². The van der Waals surface area contributed by atoms with Gasteiger partial charge in [-0.2, -0.15) is 0 Å². The third-order valence-corrected chi connectivity index (χ3v) is 3.91. The van der Waals surface area contributed by atoms with Crippen LogP contribution in [0.15, 0.2) is 30.5 Å². The molecule has 18 heavy (non-hydrogen) atoms. The zero-order valence-corrected chi connectivity index (χ0v) is 11.2. The Morgan fingerprint density at radius 2 is 2.00 bits per heavy atom. The van der Waals surface area contributed by atoms with Gasteiger partial charge in [0.2, 0.25) is 5.28 Å². The first kappa shape index (κ1) is 11.9. The standard InChI is InChI=1S/C14H12Cl2N2/c15-12-8-17-14(16)18-13(12)11-6-2-5-10(7-11)9-3-1-4-9/h2,5-9H,1,3-4H2. The molecule has 1 aliphatic carbocycles. The molecular weight excluding hydrogens is 267 g/mol. The van der Waals surface area contributed by atoms with Crippen molar-refractivity contribution in [3.05, 3.63) is 46.3 Å². The van der Waals surface area contributed by atoms with E-state index in [1.807, 2.05) is 6.07 Å². The quantitative estimate of drug-likeness (QED) is 0.743. The van der Waals surface area contributed by atoms with Crippen LogP contribution in [0.2, 0.25) is 10.3 Å². The molecule has 0 spiro atoms. The van der Waals surface area contributed by atoms with Gasteiger partial charge >= 0.3 is 0 Å². The minimum atomic E-state index is 0.225. The number of hydrogen-bond donors (Lipinski definition) is 0. The molecule has 0 amide bonds. The van der Waals surface area contributed by atoms with Gasteiger partial charge in [0.15, 0.2) is 0 Å². The van der Waals surface area contributed by atoms with E-state index in [1.54, 1.807) is 6.20 Å². The summed E-state index contributed by atoms with van der Waals surface area (Å²) in [6.07, 6.45) is 5.43. The fourth-order valence-electron chi connectivity index (χ4n) is 2.23. The summed E-state index contributed by atoms with van der Waals surface area (Å²) in [5.74, 6) is 0.695. The van der Waals surface area contributed by atoms with Gasteiger partial charge in [-0.05, 0) is 42.0 Å². The maximum Gasteiger partial charge on any atom is 0.222 e. The van der Waals surface area contributed by atoms with Crippen LogP contribution >= 0.6 is 23.2 Å². The summed E-state index contributed by atoms with van der Waals surface area (Å²) >= 11 is 12.0. The van der Waals surface area contributed by atoms with Gasteiger partial charge < -0.3 is 0 Å². The molecule has 1 aromatic heterocycles. The van der Waals surface area contributed by atoms with Gasteiger partial charge in [0.05, 0.1) is 16.9 Å². The topological polar surface area (TPSA) is 25.8 Å². The SMILES string of the molecule is Clc1ncc(Cl)c(-c2cccc(C3CCC3)c2)n1. The first-order valence-electron chi connectivity index (χ1n) is 6.02. The highest BCUT2D eigenvalue weighted by molar-refractivity contribution is 6.33. The lowest BCUT2D eigenvalue weighted by atomic mass is 9.79. The normalized spacial score (nSPS) is 15.4. The van der Waals surface area contributed by atoms with E-state index in [0.717, 1.165) is 5.56 Å². The fourth-order valence-corrected chi connectivity index (χ4v) is 2.56. The van der Waals surface area contributed by atoms with Crippen molar-refractivity contribution in [1.82, 2.24) is 9.97 Å². The van der Waals surface area contributed by atoms with Crippen LogP contribution in [0.4, 0.5) is 0 Å². The molecule has 0 radical (unpaired) electrons. The number of halogens is 2. The summed E-state index contributed by atoms with van der Waals surface area (Å²) in [6.45, 7) is 0. The van der Waals surface area contributed by atoms with E-state index < -0.39 is 0 Å². The van der Waals surface area contributed by atoms with Gasteiger partial charge in [-0.25, -0.2) is 9.97 Å². The second-order valence-electron chi connectivity index (χ2n) is 4.59. The van der Waals surface area contributed by atoms with Crippen molar-refractivity contribution in [2.45, 2.75) is 25.2 Å². The summed E-state index contributed by atoms with van der Waals surface area (Å²) in [7, 11) is 0. The smallest absolute Gasteiger partial charge is 0.222 e. The Labute approximate surface area is 116 Å². The largest absolute Gasteiger partial charge is 0.225 e. The molecular formula is C14H12Cl2N2. The summed E-state index contributed by atoms with van der Waals surface area (Å²) in [5, 5.41) is 0.758. The Morgan fingerprint density at radius 3 is 2.72 bits per heavy atom. The minimum Gasteiger partial charge on any atom is -0.225 e. The molecule has 0 aliphatic heterocycles. The van der Waals surface area contributed by atoms with Crippen molar-refractivity contribution in [1.29, 1.82) is 0 Å². The first-order chi connectivity index (χ1) is 8.74. The van der Waals surface area contributed by atoms with Crippen LogP contribution < -0.4 is 0 Å². The Balaban J connectivity index is 2.02. The van der Waals surface area contributed by atoms with E-state index in [9.17, 15) is 0 Å². The molecule has 1 saturated carbocycles. The monoisotopic (exact) mass is 278 g/mol. The third-order valence-electron chi connectivity index (χ3n) is 3.45. The van der Waals surface area contributed by atoms with Crippen LogP contribution in [0.25, 0.3) is 11.3 Å². The van der Waals surface area contributed by atoms with Gasteiger partial charge in [-0.3, -0.25) is 0 Å². The molecule has 0 saturated heterocycles. The third kappa shape index (κ3) is 2.23. The zero-order chi connectivity index (χ0) is 12.5. The number of rotatable bonds is 2. The van der Waals surface area contributed by atoms with E-state index in [2.05, 4.69) is 28.2 Å². The number of hydrogen-bond acceptors (Lipinski definition) is 2. The molecule has 1 aromatic carbocycles. The van der Waals surface area contributed by atoms with E-state index >= 15 is 0 Å². The van der Waals surface area contributed by atoms with Gasteiger partial charge in [0.1, 0.15) is 0 Å². The predicted molar refractivity (Wildman–Crippen MR) is 74.1 cm³/mol. The van der Waals surface area contributed by atoms with Crippen molar-refractivity contribution >= 4 is 23.2 Å². The zero-order valence-electron chi connectivity index (χ0n) is 9.74. The van der Waals surface area contributed by atoms with Crippen molar-refractivity contribution in [3.8, 4) is 11.3 Å². The van der Waals surface area contributed by atoms with Crippen LogP contribution in [0.3, 0.4) is 0 Å². The molecule has 0 N–H and O–H groups in total. The Bertz CT molecular complexity index is 580. The Kier molecular flexibility index (Phi) is 3.23. The molecule has 2 nitrogen and oxygen atoms in total. The second-order valence-corrected chi connectivity index (χ2v) is 5.33. The second kappa shape index (κ2) is 4.87. The Hall–Kier alpha value is -1.12. The number of aromatic nitrogens is 2. The average molecular weight is 279 g/mol. The van der Waals surface area contributed by atoms with Crippen molar-refractivity contribution < 1.29 is 0 Å². The van der Waals surface area contributed by atoms with Gasteiger partial charge in [-0.15, -0.1) is 0 Å². The molecule has 1 heterocycles. The van der Waals surface area contributed by atoms with Crippen molar-refractivity contribution in [2.75, 3.05) is 0 Å². The summed E-state index contributed by atoms with van der Waals surface area (Å²) < 4.78 is 0. The lowest BCUT2D eigenvalue weighted by Gasteiger charge is -2.26. The lowest BCUT2D eigenvalue weighted by Crippen LogP contribution is -2.08. The molecule has 0 atom stereocenters. The molecule has 1 fully saturated rings. The van der Waals surface area contributed by atoms with Gasteiger partial charge in [-0.1, -0.05) is 36.2 Å². The summed E-state index contributed by atoms with van der Waals surface area (Å²) in [4.78, 5) is 8.08. The lowest BCUT2D eigenvalue weighted by molar-refractivity contribution is 0.420. The highest BCUT2D eigenvalue weighted by Crippen LogP contribution is 2.38. The van der Waals surface area contributed by atoms with Crippen LogP contribution in [-0.2, 0) is 0 Å². The molecule has 2 aromatic rings. The fraction of sp³-hybridized carbons (Fsp3) is 0.286. The van der Waals surface area contributed by atoms with Crippen molar-refractivity contribution in [3.63, 3.8) is 0 Å². The summed E-state index contributed by atoms with van der Waals surface area (Å²) in [5.41, 5.74) is 3.08. The highest BCUT2D eigenvalue weighted by atomic mass is 35.5. The summed E-state index contributed by atoms with van der Waals surface area (Å²) in [6, 6.07) is 8.39. The van der Waals surface area contributed by atoms with Crippen LogP contribution in [0, 0.1) is 0 Å². The van der Waals surface area contributed by atoms with Crippen LogP contribution in [0.1, 0.15) is 30.7 Å². The highest BCUT2D eigenvalue weighted by Gasteiger charge is 2.20. The average Bonchev–Trinajstić information content (AvgIpc) is 2.30. The van der Waals surface area contributed by atoms with E-state index in [-0.39, 0.29) is 5.28 Å². The molecule has 3 rings (SSSR count). The Morgan fingerprint density at radius 1 is 1.17 bits per heavy atom. The van der Waals surface area contributed by atoms with E-state index in [0.29, 0.717) is 16.6 Å². The van der Waals surface area contributed by atoms with Crippen LogP contribution in [-0.4, -0.2) is 9.97 Å². The van der Waals surface area contributed by atoms with E-state index in [1.165, 1.54) is 24.8 Å². The maximum atomic E-state index is 6.13. The molecule has 4 heteroatoms. The molecule has 1 aliphatic rings. The molecule has 0 bridgehead atoms. The number of nitrogens with zero attached hydrogens (tertiary/aromatic N) is 2. The van der Waals surface area contributed by atoms with E-state index in [4.69, 9.17) is 23.2 Å². The number of benzene rings is 1. The van der Waals surface area contributed by atoms with Crippen molar-refractivity contribution in [2.24, 2.45) is 0 Å². The van der Waals surface area contributed by atoms with Gasteiger partial charge in [0, 0.05) is 5.56 Å². The minimum absolute atomic E-state index is 0.225. The maximum absolute atomic E-state index is 6.13. The molecule has 92 valence electrons. The molecule has 0 unspecified atom stereocenters. The van der Waals surface area contributed by atoms with Crippen LogP contribution in [0.5, 0.6) is 0 Å². The predicted octanol–water partition coefficient (Wildman–Crippen LogP) is 4.72. The first-order valence-corrected chi connectivity index (χ1v) is 6.78.